The monoisotopic (exact) mass is 358 g/mol. The van der Waals surface area contributed by atoms with E-state index in [0.29, 0.717) is 0 Å². The predicted molar refractivity (Wildman–Crippen MR) is 112 cm³/mol. The van der Waals surface area contributed by atoms with Gasteiger partial charge in [0.2, 0.25) is 5.72 Å². The summed E-state index contributed by atoms with van der Waals surface area (Å²) in [6.07, 6.45) is 3.05. The second kappa shape index (κ2) is 7.43. The topological polar surface area (TPSA) is 24.8 Å². The first-order valence-corrected chi connectivity index (χ1v) is 9.77. The number of nitrogens with zero attached hydrogens (tertiary/aromatic N) is 2. The summed E-state index contributed by atoms with van der Waals surface area (Å²) in [6, 6.07) is 25.4. The maximum absolute atomic E-state index is 6.08. The highest BCUT2D eigenvalue weighted by Crippen LogP contribution is 2.33. The number of hydrogen-bond acceptors (Lipinski definition) is 3. The van der Waals surface area contributed by atoms with E-state index in [2.05, 4.69) is 90.6 Å². The van der Waals surface area contributed by atoms with Crippen LogP contribution >= 0.6 is 0 Å². The fourth-order valence-corrected chi connectivity index (χ4v) is 3.84. The van der Waals surface area contributed by atoms with Gasteiger partial charge in [0.15, 0.2) is 5.84 Å². The molecule has 1 aliphatic heterocycles. The number of amidine groups is 1. The zero-order chi connectivity index (χ0) is 18.7. The maximum Gasteiger partial charge on any atom is 0.212 e. The van der Waals surface area contributed by atoms with Gasteiger partial charge in [0.05, 0.1) is 0 Å². The molecule has 0 saturated carbocycles. The van der Waals surface area contributed by atoms with Crippen molar-refractivity contribution in [1.29, 1.82) is 0 Å². The predicted octanol–water partition coefficient (Wildman–Crippen LogP) is 5.59. The second-order valence-corrected chi connectivity index (χ2v) is 7.38. The molecule has 0 aromatic heterocycles. The normalized spacial score (nSPS) is 19.2. The van der Waals surface area contributed by atoms with E-state index in [1.165, 1.54) is 16.3 Å². The van der Waals surface area contributed by atoms with Crippen molar-refractivity contribution in [1.82, 2.24) is 4.90 Å². The van der Waals surface area contributed by atoms with Crippen LogP contribution in [0.3, 0.4) is 0 Å². The van der Waals surface area contributed by atoms with E-state index in [1.54, 1.807) is 0 Å². The molecule has 3 nitrogen and oxygen atoms in total. The van der Waals surface area contributed by atoms with E-state index in [1.807, 2.05) is 6.07 Å². The molecule has 0 amide bonds. The molecule has 0 saturated heterocycles. The number of hydrogen-bond donors (Lipinski definition) is 0. The molecule has 0 bridgehead atoms. The fraction of sp³-hybridized carbons (Fsp3) is 0.292. The van der Waals surface area contributed by atoms with Crippen molar-refractivity contribution in [2.45, 2.75) is 38.8 Å². The van der Waals surface area contributed by atoms with Crippen LogP contribution in [0.4, 0.5) is 0 Å². The second-order valence-electron chi connectivity index (χ2n) is 7.38. The molecule has 1 unspecified atom stereocenters. The van der Waals surface area contributed by atoms with Gasteiger partial charge in [0.1, 0.15) is 0 Å². The largest absolute Gasteiger partial charge is 0.365 e. The van der Waals surface area contributed by atoms with Gasteiger partial charge in [-0.3, -0.25) is 0 Å². The molecule has 138 valence electrons. The Morgan fingerprint density at radius 1 is 0.926 bits per heavy atom. The van der Waals surface area contributed by atoms with Gasteiger partial charge in [-0.2, -0.15) is 0 Å². The van der Waals surface area contributed by atoms with Crippen molar-refractivity contribution in [3.05, 3.63) is 83.9 Å². The van der Waals surface area contributed by atoms with Gasteiger partial charge in [-0.25, -0.2) is 0 Å². The summed E-state index contributed by atoms with van der Waals surface area (Å²) in [4.78, 5) is 8.44. The molecule has 0 fully saturated rings. The van der Waals surface area contributed by atoms with Crippen LogP contribution in [0.2, 0.25) is 0 Å². The summed E-state index contributed by atoms with van der Waals surface area (Å²) in [5.74, 6) is 0.943. The van der Waals surface area contributed by atoms with Gasteiger partial charge in [0, 0.05) is 18.5 Å². The van der Waals surface area contributed by atoms with Crippen LogP contribution in [0.1, 0.15) is 37.8 Å². The molecule has 1 heterocycles. The van der Waals surface area contributed by atoms with Crippen molar-refractivity contribution in [2.75, 3.05) is 6.54 Å². The summed E-state index contributed by atoms with van der Waals surface area (Å²) >= 11 is 0. The summed E-state index contributed by atoms with van der Waals surface area (Å²) in [7, 11) is 0. The van der Waals surface area contributed by atoms with E-state index in [4.69, 9.17) is 4.84 Å². The van der Waals surface area contributed by atoms with Crippen molar-refractivity contribution in [3.8, 4) is 0 Å². The zero-order valence-corrected chi connectivity index (χ0v) is 16.1. The minimum atomic E-state index is -0.469. The molecule has 4 rings (SSSR count). The molecule has 3 aromatic rings. The van der Waals surface area contributed by atoms with Crippen LogP contribution in [-0.2, 0) is 11.3 Å². The van der Waals surface area contributed by atoms with Crippen LogP contribution in [0.15, 0.2) is 78.0 Å². The minimum absolute atomic E-state index is 0.469. The van der Waals surface area contributed by atoms with Crippen molar-refractivity contribution in [2.24, 2.45) is 5.16 Å². The summed E-state index contributed by atoms with van der Waals surface area (Å²) in [6.45, 7) is 5.30. The molecular formula is C24H26N2O. The molecule has 0 N–H and O–H groups in total. The Kier molecular flexibility index (Phi) is 4.85. The smallest absolute Gasteiger partial charge is 0.212 e. The Morgan fingerprint density at radius 2 is 1.67 bits per heavy atom. The molecule has 1 aliphatic rings. The van der Waals surface area contributed by atoms with Gasteiger partial charge in [-0.15, -0.1) is 0 Å². The molecule has 27 heavy (non-hydrogen) atoms. The van der Waals surface area contributed by atoms with Crippen LogP contribution in [0.5, 0.6) is 0 Å². The Balaban J connectivity index is 1.72. The first-order chi connectivity index (χ1) is 13.2. The third-order valence-electron chi connectivity index (χ3n) is 5.30. The van der Waals surface area contributed by atoms with E-state index in [-0.39, 0.29) is 0 Å². The van der Waals surface area contributed by atoms with Gasteiger partial charge in [-0.05, 0) is 29.7 Å². The molecule has 0 spiro atoms. The lowest BCUT2D eigenvalue weighted by Gasteiger charge is -2.35. The number of rotatable bonds is 6. The third kappa shape index (κ3) is 3.42. The third-order valence-corrected chi connectivity index (χ3v) is 5.30. The average Bonchev–Trinajstić information content (AvgIpc) is 3.02. The Bertz CT molecular complexity index is 946. The highest BCUT2D eigenvalue weighted by molar-refractivity contribution is 6.10. The first kappa shape index (κ1) is 17.6. The number of unbranched alkanes of at least 4 members (excludes halogenated alkanes) is 1. The van der Waals surface area contributed by atoms with E-state index >= 15 is 0 Å². The highest BCUT2D eigenvalue weighted by atomic mass is 16.7. The van der Waals surface area contributed by atoms with Gasteiger partial charge in [-0.1, -0.05) is 91.3 Å². The zero-order valence-electron chi connectivity index (χ0n) is 16.1. The van der Waals surface area contributed by atoms with Crippen LogP contribution < -0.4 is 0 Å². The number of oxime groups is 1. The molecule has 3 aromatic carbocycles. The number of benzene rings is 3. The minimum Gasteiger partial charge on any atom is -0.365 e. The summed E-state index contributed by atoms with van der Waals surface area (Å²) in [5.41, 5.74) is 1.93. The number of fused-ring (bicyclic) bond motifs is 1. The van der Waals surface area contributed by atoms with Crippen LogP contribution in [-0.4, -0.2) is 23.0 Å². The van der Waals surface area contributed by atoms with E-state index in [0.717, 1.165) is 37.2 Å². The Morgan fingerprint density at radius 3 is 2.48 bits per heavy atom. The standard InChI is InChI=1S/C24H26N2O/c1-3-4-17-26-23(22-16-10-14-20-13-8-9-15-21(20)22)25-27-24(26,2)18-19-11-6-5-7-12-19/h5-16H,3-4,17-18H2,1-2H3. The lowest BCUT2D eigenvalue weighted by molar-refractivity contribution is -0.0833. The molecule has 0 aliphatic carbocycles. The van der Waals surface area contributed by atoms with Crippen molar-refractivity contribution >= 4 is 16.6 Å². The summed E-state index contributed by atoms with van der Waals surface area (Å²) in [5, 5.41) is 7.02. The SMILES string of the molecule is CCCCN1C(c2cccc3ccccc23)=NOC1(C)Cc1ccccc1. The first-order valence-electron chi connectivity index (χ1n) is 9.77. The molecular weight excluding hydrogens is 332 g/mol. The molecule has 0 radical (unpaired) electrons. The Labute approximate surface area is 161 Å². The Hall–Kier alpha value is -2.81. The van der Waals surface area contributed by atoms with Gasteiger partial charge >= 0.3 is 0 Å². The fourth-order valence-electron chi connectivity index (χ4n) is 3.84. The molecule has 3 heteroatoms. The van der Waals surface area contributed by atoms with E-state index < -0.39 is 5.72 Å². The summed E-state index contributed by atoms with van der Waals surface area (Å²) < 4.78 is 0. The maximum atomic E-state index is 6.08. The van der Waals surface area contributed by atoms with E-state index in [9.17, 15) is 0 Å². The lowest BCUT2D eigenvalue weighted by Crippen LogP contribution is -2.48. The quantitative estimate of drug-likeness (QED) is 0.573. The van der Waals surface area contributed by atoms with Gasteiger partial charge in [0.25, 0.3) is 0 Å². The van der Waals surface area contributed by atoms with Crippen LogP contribution in [0.25, 0.3) is 10.8 Å². The lowest BCUT2D eigenvalue weighted by atomic mass is 9.99. The van der Waals surface area contributed by atoms with Crippen molar-refractivity contribution in [3.63, 3.8) is 0 Å². The highest BCUT2D eigenvalue weighted by Gasteiger charge is 2.42. The van der Waals surface area contributed by atoms with Gasteiger partial charge < -0.3 is 9.74 Å². The molecule has 1 atom stereocenters. The van der Waals surface area contributed by atoms with Crippen LogP contribution in [0, 0.1) is 0 Å². The van der Waals surface area contributed by atoms with Crippen molar-refractivity contribution < 1.29 is 4.84 Å². The average molecular weight is 358 g/mol.